The Morgan fingerprint density at radius 1 is 1.35 bits per heavy atom. The van der Waals surface area contributed by atoms with Crippen LogP contribution in [0.2, 0.25) is 0 Å². The van der Waals surface area contributed by atoms with Crippen molar-refractivity contribution in [3.8, 4) is 0 Å². The molecule has 106 valence electrons. The van der Waals surface area contributed by atoms with Gasteiger partial charge >= 0.3 is 5.97 Å². The van der Waals surface area contributed by atoms with Crippen molar-refractivity contribution in [2.45, 2.75) is 33.2 Å². The van der Waals surface area contributed by atoms with Crippen LogP contribution >= 0.6 is 0 Å². The quantitative estimate of drug-likeness (QED) is 0.866. The molecule has 1 aromatic carbocycles. The molecule has 1 atom stereocenters. The van der Waals surface area contributed by atoms with Gasteiger partial charge < -0.3 is 5.11 Å². The monoisotopic (exact) mass is 274 g/mol. The minimum absolute atomic E-state index is 0.00670. The second kappa shape index (κ2) is 6.27. The normalized spacial score (nSPS) is 12.3. The van der Waals surface area contributed by atoms with Gasteiger partial charge in [-0.3, -0.25) is 4.79 Å². The summed E-state index contributed by atoms with van der Waals surface area (Å²) in [5.41, 5.74) is 2.35. The molecule has 2 rings (SSSR count). The Morgan fingerprint density at radius 2 is 2.05 bits per heavy atom. The Hall–Kier alpha value is -2.24. The molecule has 6 nitrogen and oxygen atoms in total. The summed E-state index contributed by atoms with van der Waals surface area (Å²) in [7, 11) is 0. The zero-order chi connectivity index (χ0) is 14.5. The van der Waals surface area contributed by atoms with Crippen LogP contribution in [0, 0.1) is 12.8 Å². The zero-order valence-corrected chi connectivity index (χ0v) is 11.7. The lowest BCUT2D eigenvalue weighted by molar-refractivity contribution is -0.138. The largest absolute Gasteiger partial charge is 0.481 e. The van der Waals surface area contributed by atoms with Gasteiger partial charge in [0.2, 0.25) is 0 Å². The lowest BCUT2D eigenvalue weighted by Crippen LogP contribution is -2.15. The highest BCUT2D eigenvalue weighted by Gasteiger charge is 2.13. The van der Waals surface area contributed by atoms with Gasteiger partial charge in [0, 0.05) is 19.4 Å². The van der Waals surface area contributed by atoms with E-state index < -0.39 is 5.97 Å². The van der Waals surface area contributed by atoms with Gasteiger partial charge in [-0.05, 0) is 28.8 Å². The Bertz CT molecular complexity index is 577. The Labute approximate surface area is 117 Å². The molecule has 1 unspecified atom stereocenters. The minimum Gasteiger partial charge on any atom is -0.481 e. The minimum atomic E-state index is -0.800. The molecular formula is C14H18N4O2. The molecule has 1 N–H and O–H groups in total. The number of aliphatic carboxylic acids is 1. The predicted molar refractivity (Wildman–Crippen MR) is 73.2 cm³/mol. The van der Waals surface area contributed by atoms with Crippen molar-refractivity contribution >= 4 is 5.97 Å². The van der Waals surface area contributed by atoms with Crippen molar-refractivity contribution in [1.29, 1.82) is 0 Å². The zero-order valence-electron chi connectivity index (χ0n) is 11.7. The molecule has 1 heterocycles. The third kappa shape index (κ3) is 3.88. The first-order valence-corrected chi connectivity index (χ1v) is 6.57. The number of nitrogens with zero attached hydrogens (tertiary/aromatic N) is 4. The van der Waals surface area contributed by atoms with Gasteiger partial charge in [0.1, 0.15) is 0 Å². The number of carboxylic acid groups (broad SMARTS) is 1. The van der Waals surface area contributed by atoms with Gasteiger partial charge in [-0.2, -0.15) is 0 Å². The van der Waals surface area contributed by atoms with Gasteiger partial charge in [-0.15, -0.1) is 5.10 Å². The Balaban J connectivity index is 2.04. The molecule has 0 spiro atoms. The van der Waals surface area contributed by atoms with Crippen LogP contribution in [0.15, 0.2) is 24.3 Å². The highest BCUT2D eigenvalue weighted by atomic mass is 16.4. The highest BCUT2D eigenvalue weighted by Crippen LogP contribution is 2.11. The second-order valence-electron chi connectivity index (χ2n) is 5.14. The fourth-order valence-electron chi connectivity index (χ4n) is 2.04. The van der Waals surface area contributed by atoms with Crippen molar-refractivity contribution in [3.05, 3.63) is 41.2 Å². The first kappa shape index (κ1) is 14.2. The Morgan fingerprint density at radius 3 is 2.70 bits per heavy atom. The summed E-state index contributed by atoms with van der Waals surface area (Å²) in [5.74, 6) is -0.0514. The third-order valence-corrected chi connectivity index (χ3v) is 3.10. The van der Waals surface area contributed by atoms with E-state index in [1.54, 1.807) is 4.68 Å². The van der Waals surface area contributed by atoms with Gasteiger partial charge in [0.25, 0.3) is 0 Å². The summed E-state index contributed by atoms with van der Waals surface area (Å²) in [6.07, 6.45) is 0.761. The fraction of sp³-hybridized carbons (Fsp3) is 0.429. The molecule has 0 amide bonds. The molecule has 6 heteroatoms. The third-order valence-electron chi connectivity index (χ3n) is 3.10. The van der Waals surface area contributed by atoms with Crippen LogP contribution in [0.1, 0.15) is 30.3 Å². The van der Waals surface area contributed by atoms with E-state index in [-0.39, 0.29) is 12.3 Å². The molecule has 0 bridgehead atoms. The van der Waals surface area contributed by atoms with Gasteiger partial charge in [0.05, 0.1) is 0 Å². The molecule has 0 aliphatic carbocycles. The van der Waals surface area contributed by atoms with Crippen LogP contribution in [-0.2, 0) is 17.8 Å². The number of aromatic nitrogens is 4. The first-order valence-electron chi connectivity index (χ1n) is 6.57. The maximum Gasteiger partial charge on any atom is 0.303 e. The highest BCUT2D eigenvalue weighted by molar-refractivity contribution is 5.66. The lowest BCUT2D eigenvalue weighted by Gasteiger charge is -2.10. The number of aryl methyl sites for hydroxylation is 1. The summed E-state index contributed by atoms with van der Waals surface area (Å²) in [4.78, 5) is 10.7. The smallest absolute Gasteiger partial charge is 0.303 e. The van der Waals surface area contributed by atoms with Gasteiger partial charge in [0.15, 0.2) is 5.82 Å². The molecule has 0 saturated carbocycles. The van der Waals surface area contributed by atoms with Crippen molar-refractivity contribution in [2.24, 2.45) is 5.92 Å². The average Bonchev–Trinajstić information content (AvgIpc) is 2.78. The molecule has 0 radical (unpaired) electrons. The van der Waals surface area contributed by atoms with E-state index >= 15 is 0 Å². The topological polar surface area (TPSA) is 80.9 Å². The summed E-state index contributed by atoms with van der Waals surface area (Å²) in [6, 6.07) is 8.21. The van der Waals surface area contributed by atoms with Crippen molar-refractivity contribution in [1.82, 2.24) is 20.2 Å². The summed E-state index contributed by atoms with van der Waals surface area (Å²) >= 11 is 0. The first-order chi connectivity index (χ1) is 9.54. The molecule has 0 fully saturated rings. The Kier molecular flexibility index (Phi) is 4.45. The number of hydrogen-bond donors (Lipinski definition) is 1. The van der Waals surface area contributed by atoms with Crippen LogP contribution in [0.5, 0.6) is 0 Å². The van der Waals surface area contributed by atoms with Crippen LogP contribution in [0.3, 0.4) is 0 Å². The summed E-state index contributed by atoms with van der Waals surface area (Å²) in [5, 5.41) is 20.4. The molecule has 1 aromatic heterocycles. The number of carboxylic acids is 1. The molecule has 2 aromatic rings. The van der Waals surface area contributed by atoms with E-state index in [1.165, 1.54) is 5.56 Å². The van der Waals surface area contributed by atoms with Crippen LogP contribution in [-0.4, -0.2) is 31.3 Å². The van der Waals surface area contributed by atoms with E-state index in [1.807, 2.05) is 13.8 Å². The number of carbonyl (C=O) groups is 1. The van der Waals surface area contributed by atoms with E-state index in [9.17, 15) is 4.79 Å². The molecule has 0 aliphatic rings. The van der Waals surface area contributed by atoms with Crippen molar-refractivity contribution in [3.63, 3.8) is 0 Å². The van der Waals surface area contributed by atoms with Crippen LogP contribution in [0.25, 0.3) is 0 Å². The number of hydrogen-bond acceptors (Lipinski definition) is 4. The standard InChI is InChI=1S/C14H18N4O2/c1-10-3-5-12(6-4-10)8-13-15-16-17-18(13)9-11(2)7-14(19)20/h3-6,11H,7-9H2,1-2H3,(H,19,20). The SMILES string of the molecule is Cc1ccc(Cc2nnnn2CC(C)CC(=O)O)cc1. The van der Waals surface area contributed by atoms with E-state index in [0.717, 1.165) is 11.4 Å². The molecular weight excluding hydrogens is 256 g/mol. The van der Waals surface area contributed by atoms with Crippen molar-refractivity contribution in [2.75, 3.05) is 0 Å². The number of benzene rings is 1. The van der Waals surface area contributed by atoms with Gasteiger partial charge in [-0.1, -0.05) is 36.8 Å². The summed E-state index contributed by atoms with van der Waals surface area (Å²) < 4.78 is 1.69. The number of rotatable bonds is 6. The van der Waals surface area contributed by atoms with Gasteiger partial charge in [-0.25, -0.2) is 4.68 Å². The predicted octanol–water partition coefficient (Wildman–Crippen LogP) is 1.68. The number of tetrazole rings is 1. The maximum absolute atomic E-state index is 10.7. The maximum atomic E-state index is 10.7. The van der Waals surface area contributed by atoms with Crippen molar-refractivity contribution < 1.29 is 9.90 Å². The van der Waals surface area contributed by atoms with Crippen LogP contribution in [0.4, 0.5) is 0 Å². The molecule has 0 aliphatic heterocycles. The fourth-order valence-corrected chi connectivity index (χ4v) is 2.04. The summed E-state index contributed by atoms with van der Waals surface area (Å²) in [6.45, 7) is 4.44. The average molecular weight is 274 g/mol. The lowest BCUT2D eigenvalue weighted by atomic mass is 10.1. The molecule has 20 heavy (non-hydrogen) atoms. The van der Waals surface area contributed by atoms with E-state index in [4.69, 9.17) is 5.11 Å². The van der Waals surface area contributed by atoms with Crippen LogP contribution < -0.4 is 0 Å². The van der Waals surface area contributed by atoms with E-state index in [2.05, 4.69) is 39.8 Å². The second-order valence-corrected chi connectivity index (χ2v) is 5.14. The molecule has 0 saturated heterocycles. The van der Waals surface area contributed by atoms with E-state index in [0.29, 0.717) is 13.0 Å².